The minimum atomic E-state index is -0.803. The van der Waals surface area contributed by atoms with Crippen molar-refractivity contribution in [2.75, 3.05) is 13.2 Å². The number of fused-ring (bicyclic) bond motifs is 1. The highest BCUT2D eigenvalue weighted by molar-refractivity contribution is 5.69. The maximum atomic E-state index is 11.7. The lowest BCUT2D eigenvalue weighted by Gasteiger charge is -2.50. The van der Waals surface area contributed by atoms with E-state index in [0.717, 1.165) is 12.0 Å². The molecule has 1 unspecified atom stereocenters. The van der Waals surface area contributed by atoms with Gasteiger partial charge in [-0.15, -0.1) is 0 Å². The van der Waals surface area contributed by atoms with Crippen molar-refractivity contribution in [2.45, 2.75) is 102 Å². The molecule has 3 aliphatic heterocycles. The lowest BCUT2D eigenvalue weighted by Crippen LogP contribution is -2.61. The Hall–Kier alpha value is -1.03. The number of rotatable bonds is 7. The van der Waals surface area contributed by atoms with E-state index in [1.54, 1.807) is 6.92 Å². The molecule has 3 fully saturated rings. The molecule has 10 atom stereocenters. The minimum Gasteiger partial charge on any atom is -0.466 e. The maximum absolute atomic E-state index is 11.7. The van der Waals surface area contributed by atoms with E-state index in [9.17, 15) is 20.1 Å². The summed E-state index contributed by atoms with van der Waals surface area (Å²) >= 11 is 0. The van der Waals surface area contributed by atoms with E-state index in [0.29, 0.717) is 32.3 Å². The summed E-state index contributed by atoms with van der Waals surface area (Å²) in [6.45, 7) is 10.1. The average molecular weight is 443 g/mol. The molecule has 0 spiro atoms. The Kier molecular flexibility index (Phi) is 8.51. The first-order valence-corrected chi connectivity index (χ1v) is 11.5. The van der Waals surface area contributed by atoms with Crippen LogP contribution < -0.4 is 0 Å². The lowest BCUT2D eigenvalue weighted by molar-refractivity contribution is -0.271. The average Bonchev–Trinajstić information content (AvgIpc) is 2.73. The van der Waals surface area contributed by atoms with Crippen LogP contribution in [-0.4, -0.2) is 83.3 Å². The molecule has 31 heavy (non-hydrogen) atoms. The number of aliphatic hydroxyl groups is 3. The van der Waals surface area contributed by atoms with Crippen molar-refractivity contribution in [3.63, 3.8) is 0 Å². The van der Waals surface area contributed by atoms with E-state index in [4.69, 9.17) is 18.9 Å². The van der Waals surface area contributed by atoms with Crippen LogP contribution in [-0.2, 0) is 23.7 Å². The summed E-state index contributed by atoms with van der Waals surface area (Å²) in [5.41, 5.74) is 0.971. The van der Waals surface area contributed by atoms with Gasteiger partial charge in [0.05, 0.1) is 55.9 Å². The first-order chi connectivity index (χ1) is 14.7. The quantitative estimate of drug-likeness (QED) is 0.400. The van der Waals surface area contributed by atoms with Gasteiger partial charge in [-0.2, -0.15) is 0 Å². The zero-order valence-corrected chi connectivity index (χ0v) is 18.8. The van der Waals surface area contributed by atoms with Crippen LogP contribution in [0.4, 0.5) is 0 Å². The summed E-state index contributed by atoms with van der Waals surface area (Å²) in [6, 6.07) is 0. The largest absolute Gasteiger partial charge is 0.466 e. The Morgan fingerprint density at radius 3 is 2.58 bits per heavy atom. The highest BCUT2D eigenvalue weighted by atomic mass is 16.6. The van der Waals surface area contributed by atoms with E-state index in [2.05, 4.69) is 13.5 Å². The minimum absolute atomic E-state index is 0.0778. The normalized spacial score (nSPS) is 43.4. The lowest BCUT2D eigenvalue weighted by atomic mass is 9.79. The monoisotopic (exact) mass is 442 g/mol. The second kappa shape index (κ2) is 10.7. The zero-order valence-electron chi connectivity index (χ0n) is 18.8. The third kappa shape index (κ3) is 5.67. The molecule has 0 bridgehead atoms. The molecule has 0 amide bonds. The number of hydrogen-bond donors (Lipinski definition) is 3. The Bertz CT molecular complexity index is 625. The summed E-state index contributed by atoms with van der Waals surface area (Å²) < 4.78 is 23.3. The molecule has 3 saturated heterocycles. The van der Waals surface area contributed by atoms with Crippen molar-refractivity contribution < 1.29 is 39.1 Å². The van der Waals surface area contributed by atoms with Crippen molar-refractivity contribution in [2.24, 2.45) is 11.8 Å². The Morgan fingerprint density at radius 1 is 1.16 bits per heavy atom. The number of ether oxygens (including phenoxy) is 4. The topological polar surface area (TPSA) is 115 Å². The van der Waals surface area contributed by atoms with Gasteiger partial charge in [0.2, 0.25) is 0 Å². The number of carbonyl (C=O) groups excluding carboxylic acids is 1. The second-order valence-electron chi connectivity index (χ2n) is 9.23. The molecular weight excluding hydrogens is 404 g/mol. The first-order valence-electron chi connectivity index (χ1n) is 11.5. The summed E-state index contributed by atoms with van der Waals surface area (Å²) in [4.78, 5) is 11.7. The summed E-state index contributed by atoms with van der Waals surface area (Å²) in [7, 11) is 0. The molecule has 0 aromatic heterocycles. The second-order valence-corrected chi connectivity index (χ2v) is 9.23. The van der Waals surface area contributed by atoms with Crippen LogP contribution in [0, 0.1) is 11.8 Å². The van der Waals surface area contributed by atoms with E-state index in [1.807, 2.05) is 6.92 Å². The smallest absolute Gasteiger partial charge is 0.305 e. The van der Waals surface area contributed by atoms with Gasteiger partial charge in [-0.25, -0.2) is 0 Å². The molecule has 3 N–H and O–H groups in total. The van der Waals surface area contributed by atoms with Gasteiger partial charge in [0.1, 0.15) is 6.10 Å². The third-order valence-electron chi connectivity index (χ3n) is 7.01. The van der Waals surface area contributed by atoms with Crippen LogP contribution in [0.1, 0.15) is 52.9 Å². The molecule has 3 aliphatic rings. The van der Waals surface area contributed by atoms with Crippen molar-refractivity contribution in [1.82, 2.24) is 0 Å². The van der Waals surface area contributed by atoms with Crippen LogP contribution in [0.15, 0.2) is 12.2 Å². The van der Waals surface area contributed by atoms with Gasteiger partial charge in [0, 0.05) is 25.2 Å². The van der Waals surface area contributed by atoms with E-state index < -0.39 is 24.4 Å². The van der Waals surface area contributed by atoms with Gasteiger partial charge in [-0.3, -0.25) is 4.79 Å². The number of hydrogen-bond acceptors (Lipinski definition) is 8. The van der Waals surface area contributed by atoms with Crippen LogP contribution in [0.3, 0.4) is 0 Å². The van der Waals surface area contributed by atoms with Crippen molar-refractivity contribution in [3.8, 4) is 0 Å². The number of esters is 1. The van der Waals surface area contributed by atoms with Gasteiger partial charge in [0.15, 0.2) is 0 Å². The highest BCUT2D eigenvalue weighted by Crippen LogP contribution is 2.39. The molecule has 0 aromatic rings. The Morgan fingerprint density at radius 2 is 1.90 bits per heavy atom. The van der Waals surface area contributed by atoms with Gasteiger partial charge in [-0.1, -0.05) is 20.4 Å². The zero-order chi connectivity index (χ0) is 22.7. The third-order valence-corrected chi connectivity index (χ3v) is 7.01. The van der Waals surface area contributed by atoms with Gasteiger partial charge in [0.25, 0.3) is 0 Å². The number of carbonyl (C=O) groups is 1. The fraction of sp³-hybridized carbons (Fsp3) is 0.870. The van der Waals surface area contributed by atoms with Crippen LogP contribution in [0.2, 0.25) is 0 Å². The van der Waals surface area contributed by atoms with Crippen LogP contribution >= 0.6 is 0 Å². The van der Waals surface area contributed by atoms with Gasteiger partial charge in [-0.05, 0) is 31.3 Å². The fourth-order valence-corrected chi connectivity index (χ4v) is 5.05. The highest BCUT2D eigenvalue weighted by Gasteiger charge is 2.49. The Labute approximate surface area is 184 Å². The van der Waals surface area contributed by atoms with E-state index in [-0.39, 0.29) is 48.8 Å². The van der Waals surface area contributed by atoms with Gasteiger partial charge >= 0.3 is 5.97 Å². The standard InChI is InChI=1S/C23H38O8/c1-5-28-21(26)7-6-15-8-12(2)13(3)17(29-15)10-18-22(27)14(4)23-19(30-18)9-16(25)20(11-24)31-23/h12,14-20,22-25,27H,3,5-11H2,1-2,4H3/t12-,14-,15+,16-,17?,18+,19+,20-,22-,23+/m1/s1. The molecule has 178 valence electrons. The number of aliphatic hydroxyl groups excluding tert-OH is 3. The molecule has 0 saturated carbocycles. The molecule has 0 aliphatic carbocycles. The summed E-state index contributed by atoms with van der Waals surface area (Å²) in [5, 5.41) is 30.5. The van der Waals surface area contributed by atoms with Crippen LogP contribution in [0.25, 0.3) is 0 Å². The van der Waals surface area contributed by atoms with Crippen molar-refractivity contribution in [3.05, 3.63) is 12.2 Å². The SMILES string of the molecule is C=C1C(C[C@@H]2O[C@H]3C[C@@H](O)[C@@H](CO)O[C@H]3[C@H](C)[C@H]2O)O[C@@H](CCC(=O)OCC)C[C@H]1C. The molecule has 3 heterocycles. The van der Waals surface area contributed by atoms with E-state index in [1.165, 1.54) is 0 Å². The van der Waals surface area contributed by atoms with E-state index >= 15 is 0 Å². The predicted octanol–water partition coefficient (Wildman–Crippen LogP) is 1.34. The van der Waals surface area contributed by atoms with Gasteiger partial charge < -0.3 is 34.3 Å². The molecule has 8 heteroatoms. The van der Waals surface area contributed by atoms with Crippen molar-refractivity contribution in [1.29, 1.82) is 0 Å². The van der Waals surface area contributed by atoms with Crippen molar-refractivity contribution >= 4 is 5.97 Å². The summed E-state index contributed by atoms with van der Waals surface area (Å²) in [5.74, 6) is -0.191. The molecule has 0 aromatic carbocycles. The molecule has 0 radical (unpaired) electrons. The maximum Gasteiger partial charge on any atom is 0.305 e. The molecule has 8 nitrogen and oxygen atoms in total. The fourth-order valence-electron chi connectivity index (χ4n) is 5.05. The summed E-state index contributed by atoms with van der Waals surface area (Å²) in [6.07, 6.45) is -1.27. The Balaban J connectivity index is 1.62. The first kappa shape index (κ1) is 24.6. The molecular formula is C23H38O8. The van der Waals surface area contributed by atoms with Crippen LogP contribution in [0.5, 0.6) is 0 Å². The molecule has 3 rings (SSSR count). The predicted molar refractivity (Wildman–Crippen MR) is 112 cm³/mol.